The quantitative estimate of drug-likeness (QED) is 0.515. The van der Waals surface area contributed by atoms with Gasteiger partial charge in [0.15, 0.2) is 0 Å². The van der Waals surface area contributed by atoms with Gasteiger partial charge < -0.3 is 0 Å². The Morgan fingerprint density at radius 3 is 1.22 bits per heavy atom. The van der Waals surface area contributed by atoms with E-state index < -0.39 is 0 Å². The first kappa shape index (κ1) is 9.70. The first-order chi connectivity index (χ1) is 3.85. The average molecular weight is 166 g/mol. The first-order valence-electron chi connectivity index (χ1n) is 3.10. The standard InChI is InChI=1S/C7H18S2/c1-7(2,3)9(6)8(4)5/h1-6H3. The second-order valence-corrected chi connectivity index (χ2v) is 10.4. The van der Waals surface area contributed by atoms with Crippen LogP contribution in [0.25, 0.3) is 0 Å². The van der Waals surface area contributed by atoms with Gasteiger partial charge in [-0.15, -0.1) is 0 Å². The summed E-state index contributed by atoms with van der Waals surface area (Å²) in [7, 11) is 1.19. The van der Waals surface area contributed by atoms with Crippen molar-refractivity contribution in [1.29, 1.82) is 0 Å². The molecule has 0 fully saturated rings. The fourth-order valence-electron chi connectivity index (χ4n) is 0.500. The maximum Gasteiger partial charge on any atom is 0.00720 e. The van der Waals surface area contributed by atoms with Crippen LogP contribution in [0.5, 0.6) is 0 Å². The van der Waals surface area contributed by atoms with Crippen molar-refractivity contribution < 1.29 is 0 Å². The normalized spacial score (nSPS) is 16.3. The van der Waals surface area contributed by atoms with Crippen molar-refractivity contribution in [2.45, 2.75) is 25.5 Å². The molecule has 0 aliphatic rings. The molecule has 58 valence electrons. The Morgan fingerprint density at radius 1 is 0.889 bits per heavy atom. The van der Waals surface area contributed by atoms with E-state index in [1.807, 2.05) is 0 Å². The molecule has 0 aromatic carbocycles. The van der Waals surface area contributed by atoms with E-state index in [0.29, 0.717) is 23.7 Å². The van der Waals surface area contributed by atoms with Crippen molar-refractivity contribution >= 4 is 18.9 Å². The molecule has 0 radical (unpaired) electrons. The second kappa shape index (κ2) is 3.20. The Hall–Kier alpha value is 0.700. The second-order valence-electron chi connectivity index (χ2n) is 3.31. The number of hydrogen-bond acceptors (Lipinski definition) is 0. The molecular formula is C7H18S2. The van der Waals surface area contributed by atoms with E-state index in [1.165, 1.54) is 0 Å². The third-order valence-electron chi connectivity index (χ3n) is 1.36. The summed E-state index contributed by atoms with van der Waals surface area (Å²) in [5.41, 5.74) is 0. The van der Waals surface area contributed by atoms with Gasteiger partial charge in [0.1, 0.15) is 0 Å². The molecule has 9 heavy (non-hydrogen) atoms. The van der Waals surface area contributed by atoms with Crippen molar-refractivity contribution in [3.8, 4) is 0 Å². The SMILES string of the molecule is CS(C)=S(C)C(C)(C)C. The van der Waals surface area contributed by atoms with Gasteiger partial charge in [0.05, 0.1) is 0 Å². The Bertz CT molecular complexity index is 124. The van der Waals surface area contributed by atoms with Gasteiger partial charge in [-0.05, 0) is 18.8 Å². The van der Waals surface area contributed by atoms with Gasteiger partial charge in [0.2, 0.25) is 0 Å². The molecule has 1 atom stereocenters. The van der Waals surface area contributed by atoms with E-state index in [1.54, 1.807) is 0 Å². The Balaban J connectivity index is 4.40. The van der Waals surface area contributed by atoms with Crippen LogP contribution in [0.15, 0.2) is 0 Å². The van der Waals surface area contributed by atoms with Crippen molar-refractivity contribution in [2.24, 2.45) is 0 Å². The summed E-state index contributed by atoms with van der Waals surface area (Å²) in [6.07, 6.45) is 7.02. The number of rotatable bonds is 0. The molecule has 0 aliphatic heterocycles. The summed E-state index contributed by atoms with van der Waals surface area (Å²) in [5, 5.41) is 0. The number of hydrogen-bond donors (Lipinski definition) is 0. The van der Waals surface area contributed by atoms with Gasteiger partial charge in [-0.3, -0.25) is 0 Å². The lowest BCUT2D eigenvalue weighted by Gasteiger charge is -2.22. The predicted octanol–water partition coefficient (Wildman–Crippen LogP) is 1.83. The highest BCUT2D eigenvalue weighted by Gasteiger charge is 2.11. The minimum atomic E-state index is 0.520. The largest absolute Gasteiger partial charge is 0.168 e. The summed E-state index contributed by atoms with van der Waals surface area (Å²) < 4.78 is 0.520. The summed E-state index contributed by atoms with van der Waals surface area (Å²) in [6.45, 7) is 6.97. The summed E-state index contributed by atoms with van der Waals surface area (Å²) >= 11 is 0. The molecule has 0 aromatic heterocycles. The monoisotopic (exact) mass is 166 g/mol. The zero-order valence-corrected chi connectivity index (χ0v) is 8.95. The zero-order valence-electron chi connectivity index (χ0n) is 7.32. The van der Waals surface area contributed by atoms with Gasteiger partial charge in [-0.25, -0.2) is 0 Å². The molecule has 0 amide bonds. The lowest BCUT2D eigenvalue weighted by Crippen LogP contribution is -2.22. The molecule has 1 unspecified atom stereocenters. The first-order valence-corrected chi connectivity index (χ1v) is 7.29. The van der Waals surface area contributed by atoms with Crippen LogP contribution in [0, 0.1) is 0 Å². The highest BCUT2D eigenvalue weighted by atomic mass is 32.9. The van der Waals surface area contributed by atoms with E-state index >= 15 is 0 Å². The van der Waals surface area contributed by atoms with Crippen molar-refractivity contribution in [3.63, 3.8) is 0 Å². The third-order valence-corrected chi connectivity index (χ3v) is 8.59. The highest BCUT2D eigenvalue weighted by molar-refractivity contribution is 8.43. The Morgan fingerprint density at radius 2 is 1.22 bits per heavy atom. The van der Waals surface area contributed by atoms with Gasteiger partial charge in [-0.2, -0.15) is 18.9 Å². The fourth-order valence-corrected chi connectivity index (χ4v) is 4.50. The molecule has 0 heterocycles. The Kier molecular flexibility index (Phi) is 3.45. The maximum atomic E-state index is 2.36. The molecule has 0 aromatic rings. The van der Waals surface area contributed by atoms with Crippen LogP contribution in [-0.4, -0.2) is 23.5 Å². The highest BCUT2D eigenvalue weighted by Crippen LogP contribution is 2.11. The molecule has 0 nitrogen and oxygen atoms in total. The minimum absolute atomic E-state index is 0.520. The van der Waals surface area contributed by atoms with Crippen LogP contribution in [0.4, 0.5) is 0 Å². The van der Waals surface area contributed by atoms with Crippen LogP contribution in [0.2, 0.25) is 0 Å². The Labute approximate surface area is 63.6 Å². The molecule has 0 bridgehead atoms. The van der Waals surface area contributed by atoms with Gasteiger partial charge in [0.25, 0.3) is 0 Å². The molecule has 0 rings (SSSR count). The average Bonchev–Trinajstić information content (AvgIpc) is 1.62. The van der Waals surface area contributed by atoms with Crippen LogP contribution >= 0.6 is 0 Å². The predicted molar refractivity (Wildman–Crippen MR) is 52.3 cm³/mol. The van der Waals surface area contributed by atoms with Gasteiger partial charge >= 0.3 is 0 Å². The molecule has 2 heteroatoms. The van der Waals surface area contributed by atoms with Crippen LogP contribution in [0.3, 0.4) is 0 Å². The van der Waals surface area contributed by atoms with E-state index in [0.717, 1.165) is 0 Å². The summed E-state index contributed by atoms with van der Waals surface area (Å²) in [5.74, 6) is 0. The molecule has 0 saturated carbocycles. The summed E-state index contributed by atoms with van der Waals surface area (Å²) in [6, 6.07) is 0. The lowest BCUT2D eigenvalue weighted by molar-refractivity contribution is 0.802. The van der Waals surface area contributed by atoms with E-state index in [-0.39, 0.29) is 0 Å². The van der Waals surface area contributed by atoms with Crippen LogP contribution in [0.1, 0.15) is 20.8 Å². The molecule has 0 aliphatic carbocycles. The minimum Gasteiger partial charge on any atom is -0.168 e. The lowest BCUT2D eigenvalue weighted by atomic mass is 10.3. The molecular weight excluding hydrogens is 148 g/mol. The van der Waals surface area contributed by atoms with E-state index in [9.17, 15) is 0 Å². The molecule has 0 N–H and O–H groups in total. The van der Waals surface area contributed by atoms with Crippen molar-refractivity contribution in [2.75, 3.05) is 18.8 Å². The van der Waals surface area contributed by atoms with E-state index in [4.69, 9.17) is 0 Å². The smallest absolute Gasteiger partial charge is 0.00720 e. The van der Waals surface area contributed by atoms with Crippen LogP contribution < -0.4 is 0 Å². The fraction of sp³-hybridized carbons (Fsp3) is 1.00. The van der Waals surface area contributed by atoms with E-state index in [2.05, 4.69) is 39.5 Å². The topological polar surface area (TPSA) is 0 Å². The molecule has 0 saturated heterocycles. The summed E-state index contributed by atoms with van der Waals surface area (Å²) in [4.78, 5) is 0. The van der Waals surface area contributed by atoms with Crippen molar-refractivity contribution in [1.82, 2.24) is 0 Å². The van der Waals surface area contributed by atoms with Crippen LogP contribution in [-0.2, 0) is 18.9 Å². The molecule has 0 spiro atoms. The zero-order chi connectivity index (χ0) is 7.65. The van der Waals surface area contributed by atoms with Gasteiger partial charge in [0, 0.05) is 4.75 Å². The van der Waals surface area contributed by atoms with Gasteiger partial charge in [-0.1, -0.05) is 20.8 Å². The van der Waals surface area contributed by atoms with Crippen molar-refractivity contribution in [3.05, 3.63) is 0 Å². The third kappa shape index (κ3) is 3.41. The maximum absolute atomic E-state index is 2.36.